The molecule has 0 radical (unpaired) electrons. The van der Waals surface area contributed by atoms with Gasteiger partial charge in [-0.1, -0.05) is 12.8 Å². The SMILES string of the molecule is C[C@H](N)C(=O)NCCC1CC1. The number of amides is 1. The molecule has 0 spiro atoms. The van der Waals surface area contributed by atoms with Gasteiger partial charge < -0.3 is 11.1 Å². The van der Waals surface area contributed by atoms with Crippen LogP contribution in [0.15, 0.2) is 0 Å². The van der Waals surface area contributed by atoms with Crippen LogP contribution in [0.5, 0.6) is 0 Å². The molecule has 1 rings (SSSR count). The van der Waals surface area contributed by atoms with E-state index in [0.29, 0.717) is 0 Å². The number of nitrogens with one attached hydrogen (secondary N) is 1. The molecule has 0 unspecified atom stereocenters. The van der Waals surface area contributed by atoms with Crippen molar-refractivity contribution in [1.82, 2.24) is 5.32 Å². The predicted molar refractivity (Wildman–Crippen MR) is 44.0 cm³/mol. The van der Waals surface area contributed by atoms with Gasteiger partial charge in [-0.05, 0) is 19.3 Å². The van der Waals surface area contributed by atoms with Crippen LogP contribution in [0.1, 0.15) is 26.2 Å². The zero-order chi connectivity index (χ0) is 8.27. The van der Waals surface area contributed by atoms with E-state index >= 15 is 0 Å². The molecule has 64 valence electrons. The monoisotopic (exact) mass is 156 g/mol. The van der Waals surface area contributed by atoms with Crippen molar-refractivity contribution in [2.24, 2.45) is 11.7 Å². The van der Waals surface area contributed by atoms with Gasteiger partial charge in [0.2, 0.25) is 5.91 Å². The van der Waals surface area contributed by atoms with Gasteiger partial charge in [0, 0.05) is 6.54 Å². The summed E-state index contributed by atoms with van der Waals surface area (Å²) in [6.07, 6.45) is 3.81. The summed E-state index contributed by atoms with van der Waals surface area (Å²) < 4.78 is 0. The Kier molecular flexibility index (Phi) is 2.88. The van der Waals surface area contributed by atoms with Crippen LogP contribution in [0.4, 0.5) is 0 Å². The smallest absolute Gasteiger partial charge is 0.236 e. The molecule has 1 aliphatic rings. The largest absolute Gasteiger partial charge is 0.355 e. The van der Waals surface area contributed by atoms with Gasteiger partial charge >= 0.3 is 0 Å². The normalized spacial score (nSPS) is 19.5. The van der Waals surface area contributed by atoms with Crippen LogP contribution in [-0.2, 0) is 4.79 Å². The van der Waals surface area contributed by atoms with Gasteiger partial charge in [-0.3, -0.25) is 4.79 Å². The molecule has 0 heterocycles. The summed E-state index contributed by atoms with van der Waals surface area (Å²) in [5, 5.41) is 2.79. The molecule has 0 aliphatic heterocycles. The second kappa shape index (κ2) is 3.72. The minimum atomic E-state index is -0.366. The van der Waals surface area contributed by atoms with Crippen molar-refractivity contribution >= 4 is 5.91 Å². The summed E-state index contributed by atoms with van der Waals surface area (Å²) in [6.45, 7) is 2.50. The summed E-state index contributed by atoms with van der Waals surface area (Å²) >= 11 is 0. The molecule has 3 N–H and O–H groups in total. The molecule has 1 aliphatic carbocycles. The molecule has 1 fully saturated rings. The molecule has 1 atom stereocenters. The van der Waals surface area contributed by atoms with E-state index in [-0.39, 0.29) is 11.9 Å². The Bertz CT molecular complexity index is 141. The van der Waals surface area contributed by atoms with Crippen LogP contribution >= 0.6 is 0 Å². The van der Waals surface area contributed by atoms with Crippen molar-refractivity contribution < 1.29 is 4.79 Å². The lowest BCUT2D eigenvalue weighted by atomic mass is 10.3. The molecule has 0 bridgehead atoms. The van der Waals surface area contributed by atoms with E-state index in [9.17, 15) is 4.79 Å². The molecule has 0 aromatic heterocycles. The molecule has 3 heteroatoms. The zero-order valence-corrected chi connectivity index (χ0v) is 6.97. The fourth-order valence-electron chi connectivity index (χ4n) is 0.967. The summed E-state index contributed by atoms with van der Waals surface area (Å²) in [5.41, 5.74) is 5.36. The molecule has 11 heavy (non-hydrogen) atoms. The summed E-state index contributed by atoms with van der Waals surface area (Å²) in [6, 6.07) is -0.366. The second-order valence-corrected chi connectivity index (χ2v) is 3.31. The third-order valence-electron chi connectivity index (χ3n) is 1.96. The molecular formula is C8H16N2O. The van der Waals surface area contributed by atoms with Crippen molar-refractivity contribution in [2.75, 3.05) is 6.54 Å². The van der Waals surface area contributed by atoms with Crippen LogP contribution in [0.3, 0.4) is 0 Å². The highest BCUT2D eigenvalue weighted by Gasteiger charge is 2.20. The van der Waals surface area contributed by atoms with E-state index in [1.54, 1.807) is 6.92 Å². The fraction of sp³-hybridized carbons (Fsp3) is 0.875. The summed E-state index contributed by atoms with van der Waals surface area (Å²) in [4.78, 5) is 10.9. The Morgan fingerprint density at radius 3 is 2.82 bits per heavy atom. The zero-order valence-electron chi connectivity index (χ0n) is 6.97. The highest BCUT2D eigenvalue weighted by Crippen LogP contribution is 2.31. The lowest BCUT2D eigenvalue weighted by molar-refractivity contribution is -0.121. The number of hydrogen-bond donors (Lipinski definition) is 2. The number of hydrogen-bond acceptors (Lipinski definition) is 2. The first kappa shape index (κ1) is 8.53. The maximum absolute atomic E-state index is 10.9. The van der Waals surface area contributed by atoms with Gasteiger partial charge in [0.05, 0.1) is 6.04 Å². The van der Waals surface area contributed by atoms with Gasteiger partial charge in [0.1, 0.15) is 0 Å². The highest BCUT2D eigenvalue weighted by atomic mass is 16.2. The predicted octanol–water partition coefficient (Wildman–Crippen LogP) is 0.250. The molecular weight excluding hydrogens is 140 g/mol. The summed E-state index contributed by atoms with van der Waals surface area (Å²) in [5.74, 6) is 0.842. The lowest BCUT2D eigenvalue weighted by Crippen LogP contribution is -2.38. The minimum Gasteiger partial charge on any atom is -0.355 e. The van der Waals surface area contributed by atoms with Crippen LogP contribution in [-0.4, -0.2) is 18.5 Å². The standard InChI is InChI=1S/C8H16N2O/c1-6(9)8(11)10-5-4-7-2-3-7/h6-7H,2-5,9H2,1H3,(H,10,11)/t6-/m0/s1. The van der Waals surface area contributed by atoms with Gasteiger partial charge in [0.25, 0.3) is 0 Å². The maximum atomic E-state index is 10.9. The Balaban J connectivity index is 1.96. The minimum absolute atomic E-state index is 0.0364. The molecule has 1 amide bonds. The Morgan fingerprint density at radius 1 is 1.73 bits per heavy atom. The van der Waals surface area contributed by atoms with Crippen molar-refractivity contribution in [2.45, 2.75) is 32.2 Å². The molecule has 0 aromatic carbocycles. The van der Waals surface area contributed by atoms with E-state index in [4.69, 9.17) is 5.73 Å². The average molecular weight is 156 g/mol. The first-order chi connectivity index (χ1) is 5.20. The Morgan fingerprint density at radius 2 is 2.36 bits per heavy atom. The van der Waals surface area contributed by atoms with E-state index < -0.39 is 0 Å². The Hall–Kier alpha value is -0.570. The highest BCUT2D eigenvalue weighted by molar-refractivity contribution is 5.80. The van der Waals surface area contributed by atoms with Crippen molar-refractivity contribution in [1.29, 1.82) is 0 Å². The van der Waals surface area contributed by atoms with Crippen molar-refractivity contribution in [3.63, 3.8) is 0 Å². The second-order valence-electron chi connectivity index (χ2n) is 3.31. The molecule has 0 aromatic rings. The molecule has 1 saturated carbocycles. The average Bonchev–Trinajstić information content (AvgIpc) is 2.71. The van der Waals surface area contributed by atoms with Crippen molar-refractivity contribution in [3.05, 3.63) is 0 Å². The number of carbonyl (C=O) groups is 1. The maximum Gasteiger partial charge on any atom is 0.236 e. The van der Waals surface area contributed by atoms with Crippen LogP contribution in [0.2, 0.25) is 0 Å². The van der Waals surface area contributed by atoms with Gasteiger partial charge in [-0.15, -0.1) is 0 Å². The van der Waals surface area contributed by atoms with Crippen LogP contribution in [0, 0.1) is 5.92 Å². The van der Waals surface area contributed by atoms with E-state index in [1.807, 2.05) is 0 Å². The van der Waals surface area contributed by atoms with E-state index in [0.717, 1.165) is 18.9 Å². The first-order valence-corrected chi connectivity index (χ1v) is 4.23. The van der Waals surface area contributed by atoms with Gasteiger partial charge in [0.15, 0.2) is 0 Å². The molecule has 3 nitrogen and oxygen atoms in total. The van der Waals surface area contributed by atoms with Gasteiger partial charge in [-0.25, -0.2) is 0 Å². The fourth-order valence-corrected chi connectivity index (χ4v) is 0.967. The van der Waals surface area contributed by atoms with Crippen LogP contribution in [0.25, 0.3) is 0 Å². The third kappa shape index (κ3) is 3.37. The van der Waals surface area contributed by atoms with Crippen molar-refractivity contribution in [3.8, 4) is 0 Å². The number of carbonyl (C=O) groups excluding carboxylic acids is 1. The summed E-state index contributed by atoms with van der Waals surface area (Å²) in [7, 11) is 0. The lowest BCUT2D eigenvalue weighted by Gasteiger charge is -2.06. The quantitative estimate of drug-likeness (QED) is 0.613. The molecule has 0 saturated heterocycles. The van der Waals surface area contributed by atoms with E-state index in [1.165, 1.54) is 12.8 Å². The third-order valence-corrected chi connectivity index (χ3v) is 1.96. The topological polar surface area (TPSA) is 55.1 Å². The number of rotatable bonds is 4. The van der Waals surface area contributed by atoms with Gasteiger partial charge in [-0.2, -0.15) is 0 Å². The van der Waals surface area contributed by atoms with Crippen LogP contribution < -0.4 is 11.1 Å². The van der Waals surface area contributed by atoms with E-state index in [2.05, 4.69) is 5.32 Å². The first-order valence-electron chi connectivity index (χ1n) is 4.23. The number of nitrogens with two attached hydrogens (primary N) is 1. The Labute approximate surface area is 67.3 Å².